The number of rotatable bonds is 3. The van der Waals surface area contributed by atoms with Gasteiger partial charge in [0.15, 0.2) is 0 Å². The highest BCUT2D eigenvalue weighted by atomic mass is 16.5. The lowest BCUT2D eigenvalue weighted by molar-refractivity contribution is -0.120. The standard InChI is InChI=1S/C16H18N2O2/c1-11-9-12(18(2)17-11)10-15(19)13-7-8-20-16-6-4-3-5-14(13)16/h3-6,9,13H,7-8,10H2,1-2H3. The molecule has 0 saturated carbocycles. The van der Waals surface area contributed by atoms with Gasteiger partial charge in [0.1, 0.15) is 11.5 Å². The van der Waals surface area contributed by atoms with Gasteiger partial charge in [-0.2, -0.15) is 5.10 Å². The molecule has 1 unspecified atom stereocenters. The molecule has 4 nitrogen and oxygen atoms in total. The minimum absolute atomic E-state index is 0.0600. The second kappa shape index (κ2) is 5.12. The van der Waals surface area contributed by atoms with Crippen LogP contribution in [-0.4, -0.2) is 22.2 Å². The van der Waals surface area contributed by atoms with E-state index in [2.05, 4.69) is 5.10 Å². The predicted octanol–water partition coefficient (Wildman–Crippen LogP) is 2.41. The quantitative estimate of drug-likeness (QED) is 0.860. The molecule has 0 radical (unpaired) electrons. The molecule has 0 N–H and O–H groups in total. The number of carbonyl (C=O) groups is 1. The van der Waals surface area contributed by atoms with Crippen LogP contribution in [0.1, 0.15) is 29.3 Å². The molecule has 1 aliphatic rings. The van der Waals surface area contributed by atoms with Gasteiger partial charge in [-0.1, -0.05) is 18.2 Å². The molecule has 1 atom stereocenters. The van der Waals surface area contributed by atoms with Crippen molar-refractivity contribution >= 4 is 5.78 Å². The van der Waals surface area contributed by atoms with Gasteiger partial charge in [-0.25, -0.2) is 0 Å². The van der Waals surface area contributed by atoms with E-state index in [0.717, 1.165) is 29.1 Å². The van der Waals surface area contributed by atoms with E-state index in [0.29, 0.717) is 13.0 Å². The molecule has 0 saturated heterocycles. The van der Waals surface area contributed by atoms with Gasteiger partial charge >= 0.3 is 0 Å². The third-order valence-electron chi connectivity index (χ3n) is 3.80. The Labute approximate surface area is 118 Å². The van der Waals surface area contributed by atoms with Gasteiger partial charge in [0.2, 0.25) is 0 Å². The smallest absolute Gasteiger partial charge is 0.146 e. The highest BCUT2D eigenvalue weighted by Crippen LogP contribution is 2.34. The summed E-state index contributed by atoms with van der Waals surface area (Å²) in [5.74, 6) is 1.03. The maximum atomic E-state index is 12.6. The topological polar surface area (TPSA) is 44.1 Å². The molecule has 0 spiro atoms. The van der Waals surface area contributed by atoms with Gasteiger partial charge in [-0.3, -0.25) is 9.48 Å². The van der Waals surface area contributed by atoms with E-state index in [1.165, 1.54) is 0 Å². The number of benzene rings is 1. The average molecular weight is 270 g/mol. The largest absolute Gasteiger partial charge is 0.493 e. The van der Waals surface area contributed by atoms with Crippen molar-refractivity contribution in [2.45, 2.75) is 25.7 Å². The van der Waals surface area contributed by atoms with Crippen LogP contribution in [-0.2, 0) is 18.3 Å². The Morgan fingerprint density at radius 2 is 2.25 bits per heavy atom. The van der Waals surface area contributed by atoms with E-state index in [9.17, 15) is 4.79 Å². The number of carbonyl (C=O) groups excluding carboxylic acids is 1. The average Bonchev–Trinajstić information content (AvgIpc) is 2.76. The zero-order valence-electron chi connectivity index (χ0n) is 11.8. The fourth-order valence-corrected chi connectivity index (χ4v) is 2.81. The fourth-order valence-electron chi connectivity index (χ4n) is 2.81. The van der Waals surface area contributed by atoms with Crippen molar-refractivity contribution in [1.82, 2.24) is 9.78 Å². The molecule has 0 bridgehead atoms. The third-order valence-corrected chi connectivity index (χ3v) is 3.80. The zero-order valence-corrected chi connectivity index (χ0v) is 11.8. The van der Waals surface area contributed by atoms with E-state index in [4.69, 9.17) is 4.74 Å². The molecular formula is C16H18N2O2. The minimum Gasteiger partial charge on any atom is -0.493 e. The third kappa shape index (κ3) is 2.33. The fraction of sp³-hybridized carbons (Fsp3) is 0.375. The Kier molecular flexibility index (Phi) is 3.30. The molecule has 1 aromatic carbocycles. The SMILES string of the molecule is Cc1cc(CC(=O)C2CCOc3ccccc32)n(C)n1. The molecule has 0 fully saturated rings. The molecule has 2 heterocycles. The first-order valence-corrected chi connectivity index (χ1v) is 6.89. The first-order valence-electron chi connectivity index (χ1n) is 6.89. The molecule has 4 heteroatoms. The van der Waals surface area contributed by atoms with Crippen LogP contribution < -0.4 is 4.74 Å². The lowest BCUT2D eigenvalue weighted by Gasteiger charge is -2.24. The van der Waals surface area contributed by atoms with Crippen molar-refractivity contribution in [2.75, 3.05) is 6.61 Å². The number of aryl methyl sites for hydroxylation is 2. The minimum atomic E-state index is -0.0600. The number of fused-ring (bicyclic) bond motifs is 1. The zero-order chi connectivity index (χ0) is 14.1. The van der Waals surface area contributed by atoms with E-state index < -0.39 is 0 Å². The number of ether oxygens (including phenoxy) is 1. The van der Waals surface area contributed by atoms with Crippen LogP contribution >= 0.6 is 0 Å². The number of para-hydroxylation sites is 1. The Balaban J connectivity index is 1.83. The van der Waals surface area contributed by atoms with E-state index in [1.54, 1.807) is 4.68 Å². The lowest BCUT2D eigenvalue weighted by atomic mass is 9.87. The molecular weight excluding hydrogens is 252 g/mol. The van der Waals surface area contributed by atoms with Crippen LogP contribution in [0.5, 0.6) is 5.75 Å². The molecule has 104 valence electrons. The highest BCUT2D eigenvalue weighted by molar-refractivity contribution is 5.88. The summed E-state index contributed by atoms with van der Waals surface area (Å²) < 4.78 is 7.40. The molecule has 1 aliphatic heterocycles. The van der Waals surface area contributed by atoms with Crippen molar-refractivity contribution in [1.29, 1.82) is 0 Å². The summed E-state index contributed by atoms with van der Waals surface area (Å²) in [6.07, 6.45) is 1.18. The lowest BCUT2D eigenvalue weighted by Crippen LogP contribution is -2.23. The predicted molar refractivity (Wildman–Crippen MR) is 76.0 cm³/mol. The number of ketones is 1. The summed E-state index contributed by atoms with van der Waals surface area (Å²) >= 11 is 0. The van der Waals surface area contributed by atoms with Crippen molar-refractivity contribution in [3.05, 3.63) is 47.3 Å². The summed E-state index contributed by atoms with van der Waals surface area (Å²) in [6, 6.07) is 9.80. The van der Waals surface area contributed by atoms with Crippen molar-refractivity contribution in [2.24, 2.45) is 7.05 Å². The van der Waals surface area contributed by atoms with Crippen LogP contribution in [0.3, 0.4) is 0 Å². The Morgan fingerprint density at radius 3 is 3.00 bits per heavy atom. The Bertz CT molecular complexity index is 646. The second-order valence-electron chi connectivity index (χ2n) is 5.27. The van der Waals surface area contributed by atoms with Crippen molar-refractivity contribution in [3.8, 4) is 5.75 Å². The number of nitrogens with zero attached hydrogens (tertiary/aromatic N) is 2. The maximum Gasteiger partial charge on any atom is 0.146 e. The monoisotopic (exact) mass is 270 g/mol. The van der Waals surface area contributed by atoms with Crippen LogP contribution in [0.2, 0.25) is 0 Å². The first-order chi connectivity index (χ1) is 9.65. The van der Waals surface area contributed by atoms with Gasteiger partial charge in [0.25, 0.3) is 0 Å². The van der Waals surface area contributed by atoms with Crippen molar-refractivity contribution in [3.63, 3.8) is 0 Å². The Hall–Kier alpha value is -2.10. The Morgan fingerprint density at radius 1 is 1.45 bits per heavy atom. The van der Waals surface area contributed by atoms with E-state index >= 15 is 0 Å². The van der Waals surface area contributed by atoms with Gasteiger partial charge in [-0.05, 0) is 25.5 Å². The first kappa shape index (κ1) is 12.9. The van der Waals surface area contributed by atoms with E-state index in [1.807, 2.05) is 44.3 Å². The normalized spacial score (nSPS) is 17.4. The van der Waals surface area contributed by atoms with Crippen LogP contribution in [0.4, 0.5) is 0 Å². The molecule has 3 rings (SSSR count). The summed E-state index contributed by atoms with van der Waals surface area (Å²) in [6.45, 7) is 2.55. The molecule has 1 aromatic heterocycles. The highest BCUT2D eigenvalue weighted by Gasteiger charge is 2.27. The van der Waals surface area contributed by atoms with Gasteiger partial charge in [0.05, 0.1) is 12.3 Å². The summed E-state index contributed by atoms with van der Waals surface area (Å²) in [7, 11) is 1.88. The van der Waals surface area contributed by atoms with Gasteiger partial charge < -0.3 is 4.74 Å². The second-order valence-corrected chi connectivity index (χ2v) is 5.27. The van der Waals surface area contributed by atoms with Crippen molar-refractivity contribution < 1.29 is 9.53 Å². The molecule has 20 heavy (non-hydrogen) atoms. The van der Waals surface area contributed by atoms with Gasteiger partial charge in [0, 0.05) is 30.6 Å². The summed E-state index contributed by atoms with van der Waals surface area (Å²) in [5.41, 5.74) is 2.93. The maximum absolute atomic E-state index is 12.6. The van der Waals surface area contributed by atoms with Crippen LogP contribution in [0, 0.1) is 6.92 Å². The number of Topliss-reactive ketones (excluding diaryl/α,β-unsaturated/α-hetero) is 1. The summed E-state index contributed by atoms with van der Waals surface area (Å²) in [4.78, 5) is 12.6. The number of hydrogen-bond acceptors (Lipinski definition) is 3. The molecule has 0 aliphatic carbocycles. The van der Waals surface area contributed by atoms with Crippen LogP contribution in [0.15, 0.2) is 30.3 Å². The number of hydrogen-bond donors (Lipinski definition) is 0. The number of aromatic nitrogens is 2. The summed E-state index contributed by atoms with van der Waals surface area (Å²) in [5, 5.41) is 4.29. The van der Waals surface area contributed by atoms with E-state index in [-0.39, 0.29) is 11.7 Å². The molecule has 2 aromatic rings. The molecule has 0 amide bonds. The van der Waals surface area contributed by atoms with Gasteiger partial charge in [-0.15, -0.1) is 0 Å². The van der Waals surface area contributed by atoms with Crippen LogP contribution in [0.25, 0.3) is 0 Å².